The third-order valence-corrected chi connectivity index (χ3v) is 5.22. The Hall–Kier alpha value is -2.52. The van der Waals surface area contributed by atoms with Crippen LogP contribution in [0.3, 0.4) is 0 Å². The summed E-state index contributed by atoms with van der Waals surface area (Å²) < 4.78 is 5.27. The van der Waals surface area contributed by atoms with Gasteiger partial charge in [-0.3, -0.25) is 19.8 Å². The van der Waals surface area contributed by atoms with Crippen molar-refractivity contribution < 1.29 is 14.3 Å². The number of hydrogen-bond donors (Lipinski definition) is 2. The number of likely N-dealkylation sites (tertiary alicyclic amines) is 1. The summed E-state index contributed by atoms with van der Waals surface area (Å²) in [7, 11) is 1.58. The average Bonchev–Trinajstić information content (AvgIpc) is 3.07. The number of carbonyl (C=O) groups excluding carboxylic acids is 2. The van der Waals surface area contributed by atoms with Crippen molar-refractivity contribution in [3.63, 3.8) is 0 Å². The van der Waals surface area contributed by atoms with Crippen LogP contribution in [0.5, 0.6) is 5.75 Å². The van der Waals surface area contributed by atoms with Crippen LogP contribution in [0.1, 0.15) is 17.8 Å². The van der Waals surface area contributed by atoms with Crippen molar-refractivity contribution in [3.05, 3.63) is 29.3 Å². The topological polar surface area (TPSA) is 96.5 Å². The molecule has 2 N–H and O–H groups in total. The second kappa shape index (κ2) is 8.92. The lowest BCUT2D eigenvalue weighted by Crippen LogP contribution is -2.41. The minimum atomic E-state index is -0.108. The van der Waals surface area contributed by atoms with Gasteiger partial charge in [0.1, 0.15) is 10.8 Å². The molecular formula is C18H23N5O3S. The predicted octanol–water partition coefficient (Wildman–Crippen LogP) is 2.14. The summed E-state index contributed by atoms with van der Waals surface area (Å²) in [5, 5.41) is 14.8. The van der Waals surface area contributed by atoms with Gasteiger partial charge < -0.3 is 10.1 Å². The molecule has 27 heavy (non-hydrogen) atoms. The summed E-state index contributed by atoms with van der Waals surface area (Å²) >= 11 is 1.35. The summed E-state index contributed by atoms with van der Waals surface area (Å²) in [6, 6.07) is 7.36. The Morgan fingerprint density at radius 1 is 1.22 bits per heavy atom. The second-order valence-corrected chi connectivity index (χ2v) is 7.60. The molecule has 0 spiro atoms. The highest BCUT2D eigenvalue weighted by Gasteiger charge is 2.26. The minimum Gasteiger partial charge on any atom is -0.495 e. The van der Waals surface area contributed by atoms with Gasteiger partial charge in [-0.15, -0.1) is 10.2 Å². The summed E-state index contributed by atoms with van der Waals surface area (Å²) in [4.78, 5) is 26.7. The molecule has 144 valence electrons. The maximum Gasteiger partial charge on any atom is 0.240 e. The third-order valence-electron chi connectivity index (χ3n) is 4.46. The molecule has 2 heterocycles. The van der Waals surface area contributed by atoms with Gasteiger partial charge in [0, 0.05) is 5.92 Å². The van der Waals surface area contributed by atoms with E-state index in [4.69, 9.17) is 4.74 Å². The van der Waals surface area contributed by atoms with Crippen molar-refractivity contribution in [1.82, 2.24) is 15.1 Å². The maximum atomic E-state index is 12.5. The molecule has 1 fully saturated rings. The summed E-state index contributed by atoms with van der Waals surface area (Å²) in [5.41, 5.74) is 0.680. The molecule has 0 unspecified atom stereocenters. The highest BCUT2D eigenvalue weighted by Crippen LogP contribution is 2.25. The molecule has 0 bridgehead atoms. The number of aromatic nitrogens is 2. The number of amides is 2. The Bertz CT molecular complexity index is 802. The number of nitrogens with zero attached hydrogens (tertiary/aromatic N) is 3. The number of hydrogen-bond acceptors (Lipinski definition) is 7. The number of para-hydroxylation sites is 2. The van der Waals surface area contributed by atoms with E-state index in [0.717, 1.165) is 5.01 Å². The molecule has 0 atom stereocenters. The minimum absolute atomic E-state index is 0.00654. The van der Waals surface area contributed by atoms with Crippen molar-refractivity contribution in [2.75, 3.05) is 37.4 Å². The third kappa shape index (κ3) is 5.24. The zero-order valence-corrected chi connectivity index (χ0v) is 16.2. The number of ether oxygens (including phenoxy) is 1. The highest BCUT2D eigenvalue weighted by molar-refractivity contribution is 7.15. The first kappa shape index (κ1) is 19.2. The smallest absolute Gasteiger partial charge is 0.240 e. The Labute approximate surface area is 161 Å². The van der Waals surface area contributed by atoms with Crippen molar-refractivity contribution in [1.29, 1.82) is 0 Å². The molecule has 2 amide bonds. The van der Waals surface area contributed by atoms with Gasteiger partial charge in [0.05, 0.1) is 19.3 Å². The van der Waals surface area contributed by atoms with Crippen molar-refractivity contribution in [3.8, 4) is 5.75 Å². The van der Waals surface area contributed by atoms with Gasteiger partial charge in [0.15, 0.2) is 0 Å². The number of benzene rings is 1. The van der Waals surface area contributed by atoms with Crippen LogP contribution in [0.2, 0.25) is 0 Å². The summed E-state index contributed by atoms with van der Waals surface area (Å²) in [5.74, 6) is 0.461. The second-order valence-electron chi connectivity index (χ2n) is 6.41. The van der Waals surface area contributed by atoms with Crippen molar-refractivity contribution >= 4 is 34.0 Å². The molecule has 9 heteroatoms. The number of piperidine rings is 1. The van der Waals surface area contributed by atoms with E-state index in [1.807, 2.05) is 31.2 Å². The number of rotatable bonds is 6. The molecule has 1 aromatic carbocycles. The molecule has 0 aliphatic carbocycles. The quantitative estimate of drug-likeness (QED) is 0.786. The van der Waals surface area contributed by atoms with Crippen molar-refractivity contribution in [2.24, 2.45) is 5.92 Å². The lowest BCUT2D eigenvalue weighted by atomic mass is 9.95. The largest absolute Gasteiger partial charge is 0.495 e. The molecule has 1 aliphatic heterocycles. The fourth-order valence-corrected chi connectivity index (χ4v) is 3.65. The number of anilines is 2. The van der Waals surface area contributed by atoms with Crippen molar-refractivity contribution in [2.45, 2.75) is 19.8 Å². The first-order valence-electron chi connectivity index (χ1n) is 8.81. The number of carbonyl (C=O) groups is 2. The Morgan fingerprint density at radius 3 is 2.63 bits per heavy atom. The number of methoxy groups -OCH3 is 1. The van der Waals surface area contributed by atoms with Crippen LogP contribution in [0.25, 0.3) is 0 Å². The summed E-state index contributed by atoms with van der Waals surface area (Å²) in [6.45, 7) is 3.53. The van der Waals surface area contributed by atoms with Gasteiger partial charge in [-0.2, -0.15) is 0 Å². The van der Waals surface area contributed by atoms with E-state index in [2.05, 4.69) is 25.7 Å². The summed E-state index contributed by atoms with van der Waals surface area (Å²) in [6.07, 6.45) is 1.43. The van der Waals surface area contributed by atoms with E-state index >= 15 is 0 Å². The fourth-order valence-electron chi connectivity index (χ4n) is 3.04. The van der Waals surface area contributed by atoms with Gasteiger partial charge in [0.25, 0.3) is 0 Å². The van der Waals surface area contributed by atoms with E-state index < -0.39 is 0 Å². The lowest BCUT2D eigenvalue weighted by Gasteiger charge is -2.30. The van der Waals surface area contributed by atoms with Gasteiger partial charge in [-0.25, -0.2) is 0 Å². The lowest BCUT2D eigenvalue weighted by molar-refractivity contribution is -0.121. The average molecular weight is 389 g/mol. The Kier molecular flexibility index (Phi) is 6.36. The van der Waals surface area contributed by atoms with Gasteiger partial charge in [0.2, 0.25) is 16.9 Å². The van der Waals surface area contributed by atoms with Gasteiger partial charge in [-0.1, -0.05) is 23.5 Å². The van der Waals surface area contributed by atoms with E-state index in [1.54, 1.807) is 7.11 Å². The predicted molar refractivity (Wildman–Crippen MR) is 104 cm³/mol. The molecule has 0 radical (unpaired) electrons. The van der Waals surface area contributed by atoms with E-state index in [0.29, 0.717) is 49.0 Å². The molecule has 8 nitrogen and oxygen atoms in total. The molecular weight excluding hydrogens is 366 g/mol. The van der Waals surface area contributed by atoms with E-state index in [1.165, 1.54) is 11.3 Å². The fraction of sp³-hybridized carbons (Fsp3) is 0.444. The molecule has 3 rings (SSSR count). The van der Waals surface area contributed by atoms with E-state index in [9.17, 15) is 9.59 Å². The van der Waals surface area contributed by atoms with Crippen LogP contribution in [-0.2, 0) is 9.59 Å². The van der Waals surface area contributed by atoms with Crippen LogP contribution < -0.4 is 15.4 Å². The normalized spacial score (nSPS) is 15.3. The molecule has 1 saturated heterocycles. The van der Waals surface area contributed by atoms with Crippen LogP contribution >= 0.6 is 11.3 Å². The van der Waals surface area contributed by atoms with Gasteiger partial charge in [-0.05, 0) is 45.0 Å². The molecule has 1 aliphatic rings. The molecule has 2 aromatic rings. The standard InChI is InChI=1S/C18H23N5O3S/c1-12-21-22-18(27-12)20-16(24)11-23-9-7-13(8-10-23)17(25)19-14-5-3-4-6-15(14)26-2/h3-6,13H,7-11H2,1-2H3,(H,19,25)(H,20,22,24). The zero-order chi connectivity index (χ0) is 19.2. The first-order chi connectivity index (χ1) is 13.0. The van der Waals surface area contributed by atoms with Crippen LogP contribution in [0.4, 0.5) is 10.8 Å². The Morgan fingerprint density at radius 2 is 1.96 bits per heavy atom. The number of aryl methyl sites for hydroxylation is 1. The van der Waals surface area contributed by atoms with E-state index in [-0.39, 0.29) is 17.7 Å². The SMILES string of the molecule is COc1ccccc1NC(=O)C1CCN(CC(=O)Nc2nnc(C)s2)CC1. The van der Waals surface area contributed by atoms with Crippen LogP contribution in [-0.4, -0.2) is 53.7 Å². The maximum absolute atomic E-state index is 12.5. The number of nitrogens with one attached hydrogen (secondary N) is 2. The monoisotopic (exact) mass is 389 g/mol. The zero-order valence-electron chi connectivity index (χ0n) is 15.4. The van der Waals surface area contributed by atoms with Crippen LogP contribution in [0, 0.1) is 12.8 Å². The van der Waals surface area contributed by atoms with Gasteiger partial charge >= 0.3 is 0 Å². The molecule has 1 aromatic heterocycles. The first-order valence-corrected chi connectivity index (χ1v) is 9.63. The molecule has 0 saturated carbocycles. The highest BCUT2D eigenvalue weighted by atomic mass is 32.1. The Balaban J connectivity index is 1.45. The van der Waals surface area contributed by atoms with Crippen LogP contribution in [0.15, 0.2) is 24.3 Å².